The number of nitrogens with one attached hydrogen (secondary N) is 20. The Kier molecular flexibility index (Phi) is 48.2. The molecule has 4 aromatic rings. The van der Waals surface area contributed by atoms with Crippen molar-refractivity contribution in [2.24, 2.45) is 40.1 Å². The van der Waals surface area contributed by atoms with Crippen LogP contribution in [0.5, 0.6) is 11.5 Å². The first kappa shape index (κ1) is 113. The molecule has 2 fully saturated rings. The second kappa shape index (κ2) is 59.3. The van der Waals surface area contributed by atoms with Crippen LogP contribution >= 0.6 is 21.6 Å². The van der Waals surface area contributed by atoms with Crippen LogP contribution in [-0.4, -0.2) is 286 Å². The van der Waals surface area contributed by atoms with E-state index in [1.165, 1.54) is 48.5 Å². The molecule has 0 radical (unpaired) electrons. The second-order valence-corrected chi connectivity index (χ2v) is 35.6. The highest BCUT2D eigenvalue weighted by Gasteiger charge is 2.43. The first-order chi connectivity index (χ1) is 66.2. The maximum atomic E-state index is 15.9. The lowest BCUT2D eigenvalue weighted by atomic mass is 10.00. The second-order valence-electron chi connectivity index (χ2n) is 33.0. The summed E-state index contributed by atoms with van der Waals surface area (Å²) in [7, 11) is 1.44. The highest BCUT2D eigenvalue weighted by Crippen LogP contribution is 2.27. The van der Waals surface area contributed by atoms with Gasteiger partial charge in [0.2, 0.25) is 82.7 Å². The minimum absolute atomic E-state index is 0.0101. The van der Waals surface area contributed by atoms with Crippen LogP contribution in [0.1, 0.15) is 139 Å². The third-order valence-electron chi connectivity index (χ3n) is 22.1. The molecule has 2 saturated heterocycles. The number of benzene rings is 4. The van der Waals surface area contributed by atoms with Gasteiger partial charge in [-0.2, -0.15) is 0 Å². The largest absolute Gasteiger partial charge is 0.508 e. The van der Waals surface area contributed by atoms with Gasteiger partial charge in [-0.25, -0.2) is 9.59 Å². The molecule has 4 aromatic carbocycles. The number of fused-ring (bicyclic) bond motifs is 2. The molecule has 2 aliphatic rings. The minimum Gasteiger partial charge on any atom is -0.508 e. The first-order valence-corrected chi connectivity index (χ1v) is 47.6. The van der Waals surface area contributed by atoms with Gasteiger partial charge in [0, 0.05) is 82.9 Å². The monoisotopic (exact) mass is 1980 g/mol. The normalized spacial score (nSPS) is 20.2. The third kappa shape index (κ3) is 41.8. The van der Waals surface area contributed by atoms with Crippen LogP contribution in [0, 0.1) is 16.2 Å². The Bertz CT molecular complexity index is 4950. The number of carbonyl (C=O) groups excluding carboxylic acids is 16. The Morgan fingerprint density at radius 1 is 0.432 bits per heavy atom. The number of hydrogen-bond acceptors (Lipinski definition) is 26. The Hall–Kier alpha value is -14.7. The molecule has 50 nitrogen and oxygen atoms in total. The number of amides is 18. The molecule has 0 aliphatic carbocycles. The van der Waals surface area contributed by atoms with Crippen LogP contribution in [-0.2, 0) is 96.0 Å². The van der Waals surface area contributed by atoms with Gasteiger partial charge in [-0.1, -0.05) is 88.3 Å². The molecule has 0 unspecified atom stereocenters. The van der Waals surface area contributed by atoms with E-state index in [0.717, 1.165) is 31.9 Å². The van der Waals surface area contributed by atoms with Crippen LogP contribution in [0.15, 0.2) is 91.0 Å². The molecule has 2 heterocycles. The van der Waals surface area contributed by atoms with E-state index < -0.39 is 266 Å². The Morgan fingerprint density at radius 2 is 0.871 bits per heavy atom. The molecular weight excluding hydrogens is 1850 g/mol. The number of primary amides is 3. The first-order valence-electron chi connectivity index (χ1n) is 45.1. The van der Waals surface area contributed by atoms with E-state index in [1.54, 1.807) is 42.5 Å². The number of aromatic hydroxyl groups is 2. The predicted octanol–water partition coefficient (Wildman–Crippen LogP) is -5.49. The summed E-state index contributed by atoms with van der Waals surface area (Å²) < 4.78 is 0. The van der Waals surface area contributed by atoms with E-state index in [9.17, 15) is 54.0 Å². The zero-order valence-electron chi connectivity index (χ0n) is 76.5. The zero-order chi connectivity index (χ0) is 102. The van der Waals surface area contributed by atoms with E-state index in [-0.39, 0.29) is 153 Å². The van der Waals surface area contributed by atoms with Crippen LogP contribution in [0.4, 0.5) is 9.59 Å². The summed E-state index contributed by atoms with van der Waals surface area (Å²) >= 11 is 0. The smallest absolute Gasteiger partial charge is 0.312 e. The van der Waals surface area contributed by atoms with Crippen molar-refractivity contribution in [1.29, 1.82) is 16.2 Å². The van der Waals surface area contributed by atoms with Gasteiger partial charge in [-0.05, 0) is 161 Å². The molecule has 52 heteroatoms. The van der Waals surface area contributed by atoms with Crippen LogP contribution in [0.3, 0.4) is 0 Å². The van der Waals surface area contributed by atoms with Gasteiger partial charge < -0.3 is 156 Å². The van der Waals surface area contributed by atoms with Crippen LogP contribution in [0.2, 0.25) is 0 Å². The molecule has 2 aliphatic heterocycles. The fourth-order valence-electron chi connectivity index (χ4n) is 14.8. The quantitative estimate of drug-likeness (QED) is 0.00850. The summed E-state index contributed by atoms with van der Waals surface area (Å²) in [6.45, 7) is -0.741. The Morgan fingerprint density at radius 3 is 1.36 bits per heavy atom. The van der Waals surface area contributed by atoms with E-state index in [4.69, 9.17) is 56.4 Å². The highest BCUT2D eigenvalue weighted by molar-refractivity contribution is 8.76. The number of carboxylic acids is 2. The summed E-state index contributed by atoms with van der Waals surface area (Å²) in [5.74, 6) is -21.0. The van der Waals surface area contributed by atoms with Crippen molar-refractivity contribution in [2.75, 3.05) is 57.3 Å². The van der Waals surface area contributed by atoms with Crippen LogP contribution in [0.25, 0.3) is 10.8 Å². The van der Waals surface area contributed by atoms with E-state index >= 15 is 52.7 Å². The number of phenols is 2. The van der Waals surface area contributed by atoms with Crippen molar-refractivity contribution < 1.29 is 107 Å². The summed E-state index contributed by atoms with van der Waals surface area (Å²) in [5.41, 5.74) is 40.3. The standard InChI is InChI=1S/C87H128N28O22S2/c88-34-4-3-13-56-74(127)109-60(30-32-68(119)120)82(135)115-40-10-19-66(115)81(134)112-62(43-48-23-28-53(117)29-24-48)77(130)108-57(16-7-37-100-85(94)95)73(126)106-59(18-9-39-102-87(97)137)75(128)113-64(79(132)104-54(70(89)123)14-5-35-98-83(90)91)45-138-139-46-65(80(133)111-61(42-47-21-26-52(116)27-22-47)76(129)107-58(72(125)105-56)17-8-38-101-86(96)136)114-78(131)63(44-49-20-25-50-11-1-2-12-51(50)41-49)110-71(124)55(15-6-36-99-84(92)93)103-67(118)31-33-69(121)122/h1-2,11-12,20-29,41,54-66,116-117H,3-10,13-19,30-40,42-46,88H2,(H2,89,123)(H,103,118)(H,104,132)(H,105,125)(H,106,126)(H,107,129)(H,108,130)(H,109,127)(H,110,124)(H,111,133)(H,112,134)(H,113,128)(H,114,131)(H,119,120)(H,121,122)(H4,90,91,98)(H4,92,93,99)(H4,94,95,100)(H3,96,101,136)(H3,97,102,137)/t54-,55-,56-,57-,58-,59-,60+,61-,62-,63-,64-,65-,66-/m0/s1. The number of hydrogen-bond donors (Lipinski definition) is 31. The van der Waals surface area contributed by atoms with Crippen LogP contribution < -0.4 is 131 Å². The lowest BCUT2D eigenvalue weighted by molar-refractivity contribution is -0.143. The van der Waals surface area contributed by atoms with Gasteiger partial charge in [0.05, 0.1) is 6.42 Å². The molecule has 38 N–H and O–H groups in total. The lowest BCUT2D eigenvalue weighted by Crippen LogP contribution is -2.61. The minimum atomic E-state index is -1.94. The molecule has 18 amide bonds. The lowest BCUT2D eigenvalue weighted by Gasteiger charge is -2.31. The number of nitrogens with two attached hydrogens (primary N) is 7. The molecule has 13 atom stereocenters. The van der Waals surface area contributed by atoms with Crippen molar-refractivity contribution >= 4 is 157 Å². The van der Waals surface area contributed by atoms with Crippen molar-refractivity contribution in [2.45, 2.75) is 220 Å². The molecule has 6 rings (SSSR count). The summed E-state index contributed by atoms with van der Waals surface area (Å²) in [6.07, 6.45) is -5.70. The molecule has 0 aromatic heterocycles. The number of carbonyl (C=O) groups is 18. The Labute approximate surface area is 807 Å². The van der Waals surface area contributed by atoms with E-state index in [0.29, 0.717) is 16.5 Å². The molecule has 760 valence electrons. The van der Waals surface area contributed by atoms with E-state index in [2.05, 4.69) is 90.4 Å². The number of guanidine groups is 3. The summed E-state index contributed by atoms with van der Waals surface area (Å²) in [4.78, 5) is 260. The molecular formula is C87H128N28O22S2. The number of rotatable bonds is 44. The third-order valence-corrected chi connectivity index (χ3v) is 24.5. The van der Waals surface area contributed by atoms with Crippen molar-refractivity contribution in [1.82, 2.24) is 95.3 Å². The predicted molar refractivity (Wildman–Crippen MR) is 511 cm³/mol. The van der Waals surface area contributed by atoms with Gasteiger partial charge in [0.25, 0.3) is 0 Å². The topological polar surface area (TPSA) is 850 Å². The number of urea groups is 2. The number of nitrogens with zero attached hydrogens (tertiary/aromatic N) is 1. The molecule has 0 spiro atoms. The number of carboxylic acid groups (broad SMARTS) is 2. The van der Waals surface area contributed by atoms with Gasteiger partial charge in [-0.3, -0.25) is 92.9 Å². The average Bonchev–Trinajstić information content (AvgIpc) is 1.72. The highest BCUT2D eigenvalue weighted by atomic mass is 33.1. The van der Waals surface area contributed by atoms with Gasteiger partial charge in [0.1, 0.15) is 90.0 Å². The van der Waals surface area contributed by atoms with Crippen molar-refractivity contribution in [3.8, 4) is 11.5 Å². The van der Waals surface area contributed by atoms with Gasteiger partial charge in [-0.15, -0.1) is 0 Å². The fourth-order valence-corrected chi connectivity index (χ4v) is 17.1. The number of phenolic OH excluding ortho intramolecular Hbond substituents is 2. The van der Waals surface area contributed by atoms with E-state index in [1.807, 2.05) is 0 Å². The summed E-state index contributed by atoms with van der Waals surface area (Å²) in [6, 6.07) is -1.55. The SMILES string of the molecule is N=C(N)NCCC[C@H](NC(=O)[C@@H]1CSSC[C@H](NC(=O)[C@H](Cc2ccc3ccccc3c2)NC(=O)[C@H](CCCNC(=N)N)NC(=O)CCC(=O)O)C(=O)N[C@@H](Cc2ccc(O)cc2)C(=O)N[C@@H](CCCNC(N)=O)C(=O)N[C@@H](CCCCN)C(=O)N[C@H](CCC(=O)O)C(=O)N2CCC[C@H]2C(=O)N[C@@H](Cc2ccc(O)cc2)C(=O)N[C@@H](CCCNC(=N)N)C(=O)N[C@@H](CCCNC(N)=O)C(=O)N1)C(N)=O. The maximum absolute atomic E-state index is 15.9. The zero-order valence-corrected chi connectivity index (χ0v) is 78.2. The van der Waals surface area contributed by atoms with Gasteiger partial charge >= 0.3 is 24.0 Å². The van der Waals surface area contributed by atoms with Crippen molar-refractivity contribution in [3.05, 3.63) is 108 Å². The molecule has 0 bridgehead atoms. The molecule has 139 heavy (non-hydrogen) atoms. The molecule has 0 saturated carbocycles. The summed E-state index contributed by atoms with van der Waals surface area (Å²) in [5, 5.41) is 109. The average molecular weight is 1980 g/mol. The Balaban J connectivity index is 1.61. The van der Waals surface area contributed by atoms with Gasteiger partial charge in [0.15, 0.2) is 17.9 Å². The van der Waals surface area contributed by atoms with Crippen molar-refractivity contribution in [3.63, 3.8) is 0 Å². The number of aliphatic carboxylic acids is 2. The fraction of sp³-hybridized carbons (Fsp3) is 0.506. The number of unbranched alkanes of at least 4 members (excludes halogenated alkanes) is 1. The maximum Gasteiger partial charge on any atom is 0.312 e.